The van der Waals surface area contributed by atoms with E-state index in [1.807, 2.05) is 6.08 Å². The second kappa shape index (κ2) is 4.32. The largest absolute Gasteiger partial charge is 0.103 e. The predicted octanol–water partition coefficient (Wildman–Crippen LogP) is 3.31. The lowest BCUT2D eigenvalue weighted by Gasteiger charge is -2.03. The normalized spacial score (nSPS) is 23.4. The lowest BCUT2D eigenvalue weighted by Crippen LogP contribution is -1.90. The summed E-state index contributed by atoms with van der Waals surface area (Å²) in [5, 5.41) is 0. The van der Waals surface area contributed by atoms with E-state index in [0.717, 1.165) is 5.92 Å². The molecule has 56 valence electrons. The first-order valence-electron chi connectivity index (χ1n) is 4.21. The molecule has 0 aromatic heterocycles. The lowest BCUT2D eigenvalue weighted by atomic mass is 10.0. The van der Waals surface area contributed by atoms with Crippen LogP contribution in [0.5, 0.6) is 0 Å². The molecule has 0 saturated heterocycles. The minimum atomic E-state index is 0.889. The number of unbranched alkanes of at least 4 members (excludes halogenated alkanes) is 1. The van der Waals surface area contributed by atoms with E-state index >= 15 is 0 Å². The first-order valence-corrected chi connectivity index (χ1v) is 4.21. The Morgan fingerprint density at radius 1 is 1.60 bits per heavy atom. The van der Waals surface area contributed by atoms with Gasteiger partial charge in [0.15, 0.2) is 0 Å². The average molecular weight is 136 g/mol. The first-order chi connectivity index (χ1) is 4.93. The van der Waals surface area contributed by atoms with Crippen molar-refractivity contribution in [2.75, 3.05) is 0 Å². The Bertz CT molecular complexity index is 122. The van der Waals surface area contributed by atoms with Crippen molar-refractivity contribution in [3.63, 3.8) is 0 Å². The highest BCUT2D eigenvalue weighted by molar-refractivity contribution is 4.95. The topological polar surface area (TPSA) is 0 Å². The molecule has 0 fully saturated rings. The summed E-state index contributed by atoms with van der Waals surface area (Å²) in [7, 11) is 0. The Morgan fingerprint density at radius 2 is 2.50 bits per heavy atom. The number of allylic oxidation sites excluding steroid dienone is 3. The maximum Gasteiger partial charge on any atom is -0.0230 e. The molecule has 0 bridgehead atoms. The Kier molecular flexibility index (Phi) is 3.28. The average Bonchev–Trinajstić information content (AvgIpc) is 2.41. The molecule has 0 radical (unpaired) electrons. The molecule has 0 N–H and O–H groups in total. The van der Waals surface area contributed by atoms with Crippen LogP contribution < -0.4 is 0 Å². The van der Waals surface area contributed by atoms with Gasteiger partial charge in [0.1, 0.15) is 0 Å². The van der Waals surface area contributed by atoms with E-state index in [0.29, 0.717) is 0 Å². The molecule has 0 aromatic carbocycles. The monoisotopic (exact) mass is 136 g/mol. The van der Waals surface area contributed by atoms with Crippen molar-refractivity contribution in [2.24, 2.45) is 5.92 Å². The smallest absolute Gasteiger partial charge is 0.0230 e. The van der Waals surface area contributed by atoms with Crippen LogP contribution in [0.1, 0.15) is 32.1 Å². The minimum absolute atomic E-state index is 0.889. The van der Waals surface area contributed by atoms with E-state index in [9.17, 15) is 0 Å². The molecule has 1 aliphatic carbocycles. The second-order valence-electron chi connectivity index (χ2n) is 2.99. The molecule has 10 heavy (non-hydrogen) atoms. The zero-order valence-electron chi connectivity index (χ0n) is 6.55. The Labute approximate surface area is 63.6 Å². The predicted molar refractivity (Wildman–Crippen MR) is 45.9 cm³/mol. The lowest BCUT2D eigenvalue weighted by molar-refractivity contribution is 0.555. The number of hydrogen-bond donors (Lipinski definition) is 0. The number of rotatable bonds is 4. The van der Waals surface area contributed by atoms with Gasteiger partial charge in [-0.25, -0.2) is 0 Å². The van der Waals surface area contributed by atoms with Crippen LogP contribution in [0.2, 0.25) is 0 Å². The first kappa shape index (κ1) is 7.59. The van der Waals surface area contributed by atoms with Crippen LogP contribution in [0.3, 0.4) is 0 Å². The molecule has 1 atom stereocenters. The van der Waals surface area contributed by atoms with Gasteiger partial charge in [0.25, 0.3) is 0 Å². The van der Waals surface area contributed by atoms with Crippen LogP contribution in [0, 0.1) is 5.92 Å². The van der Waals surface area contributed by atoms with E-state index in [-0.39, 0.29) is 0 Å². The minimum Gasteiger partial charge on any atom is -0.103 e. The van der Waals surface area contributed by atoms with Gasteiger partial charge in [0.2, 0.25) is 0 Å². The van der Waals surface area contributed by atoms with Gasteiger partial charge in [-0.15, -0.1) is 6.58 Å². The van der Waals surface area contributed by atoms with Crippen LogP contribution in [0.4, 0.5) is 0 Å². The van der Waals surface area contributed by atoms with Crippen molar-refractivity contribution < 1.29 is 0 Å². The van der Waals surface area contributed by atoms with Crippen LogP contribution >= 0.6 is 0 Å². The molecule has 1 aliphatic rings. The Morgan fingerprint density at radius 3 is 3.10 bits per heavy atom. The highest BCUT2D eigenvalue weighted by Gasteiger charge is 2.06. The summed E-state index contributed by atoms with van der Waals surface area (Å²) in [6.45, 7) is 3.71. The molecule has 0 heteroatoms. The standard InChI is InChI=1S/C10H16/c1-2-3-4-7-10-8-5-6-9-10/h2,5,8,10H,1,3-4,6-7,9H2. The molecule has 0 spiro atoms. The summed E-state index contributed by atoms with van der Waals surface area (Å²) in [6.07, 6.45) is 13.2. The Hall–Kier alpha value is -0.520. The van der Waals surface area contributed by atoms with E-state index < -0.39 is 0 Å². The van der Waals surface area contributed by atoms with Gasteiger partial charge in [-0.3, -0.25) is 0 Å². The van der Waals surface area contributed by atoms with Crippen LogP contribution in [0.25, 0.3) is 0 Å². The summed E-state index contributed by atoms with van der Waals surface area (Å²) in [6, 6.07) is 0. The van der Waals surface area contributed by atoms with Crippen molar-refractivity contribution >= 4 is 0 Å². The van der Waals surface area contributed by atoms with Crippen molar-refractivity contribution in [3.8, 4) is 0 Å². The van der Waals surface area contributed by atoms with Gasteiger partial charge in [-0.1, -0.05) is 18.2 Å². The molecule has 0 amide bonds. The number of hydrogen-bond acceptors (Lipinski definition) is 0. The van der Waals surface area contributed by atoms with Gasteiger partial charge >= 0.3 is 0 Å². The Balaban J connectivity index is 2.02. The van der Waals surface area contributed by atoms with Crippen molar-refractivity contribution in [1.29, 1.82) is 0 Å². The van der Waals surface area contributed by atoms with E-state index in [1.165, 1.54) is 32.1 Å². The molecule has 1 unspecified atom stereocenters. The van der Waals surface area contributed by atoms with Gasteiger partial charge in [0, 0.05) is 0 Å². The summed E-state index contributed by atoms with van der Waals surface area (Å²) < 4.78 is 0. The van der Waals surface area contributed by atoms with E-state index in [1.54, 1.807) is 0 Å². The van der Waals surface area contributed by atoms with Gasteiger partial charge in [0.05, 0.1) is 0 Å². The van der Waals surface area contributed by atoms with Crippen LogP contribution in [-0.2, 0) is 0 Å². The summed E-state index contributed by atoms with van der Waals surface area (Å²) in [5.74, 6) is 0.889. The van der Waals surface area contributed by atoms with Gasteiger partial charge in [-0.2, -0.15) is 0 Å². The molecule has 0 aliphatic heterocycles. The second-order valence-corrected chi connectivity index (χ2v) is 2.99. The summed E-state index contributed by atoms with van der Waals surface area (Å²) in [4.78, 5) is 0. The van der Waals surface area contributed by atoms with Crippen molar-refractivity contribution in [2.45, 2.75) is 32.1 Å². The fourth-order valence-electron chi connectivity index (χ4n) is 1.46. The summed E-state index contributed by atoms with van der Waals surface area (Å²) >= 11 is 0. The molecule has 1 rings (SSSR count). The fraction of sp³-hybridized carbons (Fsp3) is 0.600. The van der Waals surface area contributed by atoms with Crippen LogP contribution in [-0.4, -0.2) is 0 Å². The fourth-order valence-corrected chi connectivity index (χ4v) is 1.46. The van der Waals surface area contributed by atoms with Crippen molar-refractivity contribution in [1.82, 2.24) is 0 Å². The molecular formula is C10H16. The SMILES string of the molecule is C=CCCCC1C=CCC1. The quantitative estimate of drug-likeness (QED) is 0.411. The third-order valence-electron chi connectivity index (χ3n) is 2.10. The van der Waals surface area contributed by atoms with E-state index in [4.69, 9.17) is 0 Å². The zero-order valence-corrected chi connectivity index (χ0v) is 6.55. The van der Waals surface area contributed by atoms with Gasteiger partial charge in [-0.05, 0) is 38.0 Å². The van der Waals surface area contributed by atoms with E-state index in [2.05, 4.69) is 18.7 Å². The van der Waals surface area contributed by atoms with Crippen LogP contribution in [0.15, 0.2) is 24.8 Å². The van der Waals surface area contributed by atoms with Crippen molar-refractivity contribution in [3.05, 3.63) is 24.8 Å². The molecule has 0 nitrogen and oxygen atoms in total. The third kappa shape index (κ3) is 2.38. The maximum atomic E-state index is 3.71. The molecule has 0 saturated carbocycles. The molecular weight excluding hydrogens is 120 g/mol. The maximum absolute atomic E-state index is 3.71. The highest BCUT2D eigenvalue weighted by Crippen LogP contribution is 2.22. The molecule has 0 aromatic rings. The summed E-state index contributed by atoms with van der Waals surface area (Å²) in [5.41, 5.74) is 0. The zero-order chi connectivity index (χ0) is 7.23. The highest BCUT2D eigenvalue weighted by atomic mass is 14.1. The van der Waals surface area contributed by atoms with Gasteiger partial charge < -0.3 is 0 Å². The molecule has 0 heterocycles. The third-order valence-corrected chi connectivity index (χ3v) is 2.10.